The summed E-state index contributed by atoms with van der Waals surface area (Å²) in [5, 5.41) is 0. The molecule has 0 spiro atoms. The zero-order chi connectivity index (χ0) is 19.5. The molecule has 2 heterocycles. The van der Waals surface area contributed by atoms with Crippen molar-refractivity contribution in [1.29, 1.82) is 0 Å². The molecule has 28 heavy (non-hydrogen) atoms. The lowest BCUT2D eigenvalue weighted by Crippen LogP contribution is -2.36. The molecule has 1 aromatic heterocycles. The number of aromatic nitrogens is 1. The molecule has 1 unspecified atom stereocenters. The van der Waals surface area contributed by atoms with Gasteiger partial charge in [-0.15, -0.1) is 6.42 Å². The number of carbonyl (C=O) groups excluding carboxylic acids is 1. The zero-order valence-corrected chi connectivity index (χ0v) is 16.1. The average molecular weight is 394 g/mol. The van der Waals surface area contributed by atoms with E-state index in [9.17, 15) is 4.79 Å². The molecule has 0 saturated heterocycles. The number of nitrogens with zero attached hydrogens (tertiary/aromatic N) is 2. The average Bonchev–Trinajstić information content (AvgIpc) is 3.06. The number of hydrogen-bond donors (Lipinski definition) is 0. The summed E-state index contributed by atoms with van der Waals surface area (Å²) >= 11 is 1.39. The van der Waals surface area contributed by atoms with Gasteiger partial charge in [-0.25, -0.2) is 0 Å². The van der Waals surface area contributed by atoms with Gasteiger partial charge in [0.1, 0.15) is 17.9 Å². The fourth-order valence-electron chi connectivity index (χ4n) is 3.00. The van der Waals surface area contributed by atoms with Gasteiger partial charge in [0.25, 0.3) is 5.91 Å². The summed E-state index contributed by atoms with van der Waals surface area (Å²) < 4.78 is 19.9. The first-order valence-corrected chi connectivity index (χ1v) is 9.68. The van der Waals surface area contributed by atoms with Gasteiger partial charge < -0.3 is 18.8 Å². The minimum Gasteiger partial charge on any atom is -0.492 e. The maximum Gasteiger partial charge on any atom is 0.292 e. The molecule has 3 aromatic rings. The number of rotatable bonds is 4. The van der Waals surface area contributed by atoms with Crippen molar-refractivity contribution in [2.75, 3.05) is 13.2 Å². The van der Waals surface area contributed by atoms with Crippen LogP contribution in [0.2, 0.25) is 0 Å². The number of para-hydroxylation sites is 3. The van der Waals surface area contributed by atoms with Crippen molar-refractivity contribution in [2.45, 2.75) is 19.6 Å². The summed E-state index contributed by atoms with van der Waals surface area (Å²) in [4.78, 5) is 17.6. The molecule has 142 valence electrons. The maximum atomic E-state index is 12.8. The molecule has 0 fully saturated rings. The SMILES string of the molecule is C#CCn1c(=NC(=O)C2COc3ccccc3O2)sc2cccc(OCC)c21. The van der Waals surface area contributed by atoms with Crippen molar-refractivity contribution in [2.24, 2.45) is 4.99 Å². The van der Waals surface area contributed by atoms with Crippen LogP contribution in [0.1, 0.15) is 6.92 Å². The number of ether oxygens (including phenoxy) is 3. The third kappa shape index (κ3) is 3.35. The predicted molar refractivity (Wildman–Crippen MR) is 107 cm³/mol. The topological polar surface area (TPSA) is 62.1 Å². The highest BCUT2D eigenvalue weighted by atomic mass is 32.1. The van der Waals surface area contributed by atoms with Crippen LogP contribution in [0.15, 0.2) is 47.5 Å². The molecule has 7 heteroatoms. The lowest BCUT2D eigenvalue weighted by Gasteiger charge is -2.23. The molecule has 1 amide bonds. The van der Waals surface area contributed by atoms with Gasteiger partial charge in [-0.05, 0) is 31.2 Å². The first kappa shape index (κ1) is 18.1. The van der Waals surface area contributed by atoms with Crippen LogP contribution in [0.3, 0.4) is 0 Å². The monoisotopic (exact) mass is 394 g/mol. The maximum absolute atomic E-state index is 12.8. The Morgan fingerprint density at radius 2 is 2.14 bits per heavy atom. The Morgan fingerprint density at radius 3 is 2.93 bits per heavy atom. The van der Waals surface area contributed by atoms with Gasteiger partial charge in [0.2, 0.25) is 6.10 Å². The molecule has 0 N–H and O–H groups in total. The van der Waals surface area contributed by atoms with E-state index >= 15 is 0 Å². The van der Waals surface area contributed by atoms with Crippen molar-refractivity contribution in [3.05, 3.63) is 47.3 Å². The summed E-state index contributed by atoms with van der Waals surface area (Å²) in [5.74, 6) is 4.09. The second kappa shape index (κ2) is 7.79. The van der Waals surface area contributed by atoms with Crippen LogP contribution in [-0.2, 0) is 11.3 Å². The minimum atomic E-state index is -0.800. The molecule has 4 rings (SSSR count). The Hall–Kier alpha value is -3.24. The van der Waals surface area contributed by atoms with E-state index in [4.69, 9.17) is 20.6 Å². The van der Waals surface area contributed by atoms with Gasteiger partial charge >= 0.3 is 0 Å². The molecule has 6 nitrogen and oxygen atoms in total. The van der Waals surface area contributed by atoms with E-state index in [1.165, 1.54) is 11.3 Å². The van der Waals surface area contributed by atoms with Gasteiger partial charge in [0.15, 0.2) is 16.3 Å². The lowest BCUT2D eigenvalue weighted by atomic mass is 10.2. The quantitative estimate of drug-likeness (QED) is 0.639. The number of terminal acetylenes is 1. The number of amides is 1. The number of thiazole rings is 1. The van der Waals surface area contributed by atoms with Crippen LogP contribution in [0, 0.1) is 12.3 Å². The van der Waals surface area contributed by atoms with Crippen LogP contribution in [0.4, 0.5) is 0 Å². The predicted octanol–water partition coefficient (Wildman–Crippen LogP) is 3.00. The van der Waals surface area contributed by atoms with Crippen molar-refractivity contribution in [3.8, 4) is 29.6 Å². The summed E-state index contributed by atoms with van der Waals surface area (Å²) in [5.41, 5.74) is 0.838. The third-order valence-electron chi connectivity index (χ3n) is 4.20. The number of carbonyl (C=O) groups is 1. The molecule has 1 atom stereocenters. The van der Waals surface area contributed by atoms with Crippen LogP contribution < -0.4 is 19.0 Å². The fourth-order valence-corrected chi connectivity index (χ4v) is 4.05. The largest absolute Gasteiger partial charge is 0.492 e. The van der Waals surface area contributed by atoms with Crippen molar-refractivity contribution < 1.29 is 19.0 Å². The summed E-state index contributed by atoms with van der Waals surface area (Å²) in [6.07, 6.45) is 4.75. The van der Waals surface area contributed by atoms with Gasteiger partial charge in [0, 0.05) is 0 Å². The highest BCUT2D eigenvalue weighted by Crippen LogP contribution is 2.31. The molecule has 0 aliphatic carbocycles. The summed E-state index contributed by atoms with van der Waals surface area (Å²) in [7, 11) is 0. The van der Waals surface area contributed by atoms with E-state index in [0.29, 0.717) is 28.7 Å². The number of fused-ring (bicyclic) bond motifs is 2. The van der Waals surface area contributed by atoms with E-state index in [-0.39, 0.29) is 13.2 Å². The molecule has 1 aliphatic heterocycles. The Bertz CT molecular complexity index is 1140. The second-order valence-corrected chi connectivity index (χ2v) is 7.03. The van der Waals surface area contributed by atoms with Crippen LogP contribution in [-0.4, -0.2) is 29.8 Å². The molecule has 0 radical (unpaired) electrons. The van der Waals surface area contributed by atoms with Gasteiger partial charge in [-0.1, -0.05) is 35.5 Å². The van der Waals surface area contributed by atoms with E-state index in [1.54, 1.807) is 12.1 Å². The van der Waals surface area contributed by atoms with E-state index in [1.807, 2.05) is 41.8 Å². The molecule has 0 bridgehead atoms. The molecule has 0 saturated carbocycles. The normalized spacial score (nSPS) is 16.0. The summed E-state index contributed by atoms with van der Waals surface area (Å²) in [6, 6.07) is 13.0. The van der Waals surface area contributed by atoms with Crippen LogP contribution in [0.5, 0.6) is 17.2 Å². The smallest absolute Gasteiger partial charge is 0.292 e. The van der Waals surface area contributed by atoms with E-state index < -0.39 is 12.0 Å². The van der Waals surface area contributed by atoms with Crippen LogP contribution >= 0.6 is 11.3 Å². The Labute approximate surface area is 166 Å². The molecule has 2 aromatic carbocycles. The number of hydrogen-bond acceptors (Lipinski definition) is 5. The lowest BCUT2D eigenvalue weighted by molar-refractivity contribution is -0.127. The van der Waals surface area contributed by atoms with Crippen molar-refractivity contribution in [1.82, 2.24) is 4.57 Å². The molecular formula is C21H18N2O4S. The van der Waals surface area contributed by atoms with Crippen molar-refractivity contribution in [3.63, 3.8) is 0 Å². The van der Waals surface area contributed by atoms with Crippen molar-refractivity contribution >= 4 is 27.5 Å². The Morgan fingerprint density at radius 1 is 1.32 bits per heavy atom. The van der Waals surface area contributed by atoms with Crippen LogP contribution in [0.25, 0.3) is 10.2 Å². The zero-order valence-electron chi connectivity index (χ0n) is 15.3. The minimum absolute atomic E-state index is 0.115. The Kier molecular flexibility index (Phi) is 5.04. The van der Waals surface area contributed by atoms with Gasteiger partial charge in [-0.3, -0.25) is 4.79 Å². The second-order valence-electron chi connectivity index (χ2n) is 6.03. The molecular weight excluding hydrogens is 376 g/mol. The fraction of sp³-hybridized carbons (Fsp3) is 0.238. The van der Waals surface area contributed by atoms with E-state index in [0.717, 1.165) is 10.2 Å². The highest BCUT2D eigenvalue weighted by molar-refractivity contribution is 7.16. The highest BCUT2D eigenvalue weighted by Gasteiger charge is 2.27. The van der Waals surface area contributed by atoms with Gasteiger partial charge in [-0.2, -0.15) is 4.99 Å². The standard InChI is InChI=1S/C21H18N2O4S/c1-3-12-23-19-16(25-4-2)10-7-11-18(19)28-21(23)22-20(24)17-13-26-14-8-5-6-9-15(14)27-17/h1,5-11,17H,4,12-13H2,2H3. The first-order chi connectivity index (χ1) is 13.7. The van der Waals surface area contributed by atoms with Gasteiger partial charge in [0.05, 0.1) is 17.9 Å². The van der Waals surface area contributed by atoms with E-state index in [2.05, 4.69) is 10.9 Å². The molecule has 1 aliphatic rings. The Balaban J connectivity index is 1.73. The number of benzene rings is 2. The first-order valence-electron chi connectivity index (χ1n) is 8.87. The third-order valence-corrected chi connectivity index (χ3v) is 5.25. The summed E-state index contributed by atoms with van der Waals surface area (Å²) in [6.45, 7) is 2.84.